The van der Waals surface area contributed by atoms with E-state index < -0.39 is 0 Å². The van der Waals surface area contributed by atoms with E-state index in [2.05, 4.69) is 41.9 Å². The molecule has 0 aliphatic carbocycles. The Bertz CT molecular complexity index is 561. The molecule has 20 heavy (non-hydrogen) atoms. The van der Waals surface area contributed by atoms with Gasteiger partial charge in [-0.3, -0.25) is 4.68 Å². The summed E-state index contributed by atoms with van der Waals surface area (Å²) in [7, 11) is 0. The number of benzene rings is 1. The third-order valence-corrected chi connectivity index (χ3v) is 3.72. The molecule has 1 N–H and O–H groups in total. The number of nitrogens with zero attached hydrogens (tertiary/aromatic N) is 2. The molecule has 0 aliphatic heterocycles. The SMILES string of the molecule is CCNCc1cnn(Cc2ccccc2Cl)c1C(C)C. The molecule has 0 radical (unpaired) electrons. The van der Waals surface area contributed by atoms with E-state index in [4.69, 9.17) is 11.6 Å². The topological polar surface area (TPSA) is 29.9 Å². The number of hydrogen-bond acceptors (Lipinski definition) is 2. The van der Waals surface area contributed by atoms with E-state index >= 15 is 0 Å². The molecule has 2 aromatic rings. The zero-order valence-corrected chi connectivity index (χ0v) is 13.1. The molecule has 1 heterocycles. The first-order valence-corrected chi connectivity index (χ1v) is 7.50. The number of halogens is 1. The molecule has 0 amide bonds. The molecule has 0 aliphatic rings. The van der Waals surface area contributed by atoms with Gasteiger partial charge >= 0.3 is 0 Å². The van der Waals surface area contributed by atoms with Gasteiger partial charge in [-0.05, 0) is 24.1 Å². The van der Waals surface area contributed by atoms with Crippen molar-refractivity contribution >= 4 is 11.6 Å². The molecule has 0 saturated heterocycles. The Balaban J connectivity index is 2.28. The van der Waals surface area contributed by atoms with Crippen LogP contribution in [0, 0.1) is 0 Å². The van der Waals surface area contributed by atoms with Gasteiger partial charge in [0.25, 0.3) is 0 Å². The fourth-order valence-corrected chi connectivity index (χ4v) is 2.61. The molecule has 0 fully saturated rings. The Morgan fingerprint density at radius 1 is 1.25 bits per heavy atom. The molecule has 2 rings (SSSR count). The van der Waals surface area contributed by atoms with Gasteiger partial charge in [0.05, 0.1) is 12.7 Å². The molecular formula is C16H22ClN3. The van der Waals surface area contributed by atoms with E-state index in [1.165, 1.54) is 11.3 Å². The molecule has 4 heteroatoms. The highest BCUT2D eigenvalue weighted by Gasteiger charge is 2.14. The van der Waals surface area contributed by atoms with Crippen LogP contribution in [0.1, 0.15) is 43.5 Å². The Hall–Kier alpha value is -1.32. The van der Waals surface area contributed by atoms with Crippen LogP contribution in [0.5, 0.6) is 0 Å². The summed E-state index contributed by atoms with van der Waals surface area (Å²) in [5.41, 5.74) is 3.66. The van der Waals surface area contributed by atoms with Crippen LogP contribution in [-0.2, 0) is 13.1 Å². The highest BCUT2D eigenvalue weighted by Crippen LogP contribution is 2.22. The van der Waals surface area contributed by atoms with Crippen molar-refractivity contribution in [2.24, 2.45) is 0 Å². The summed E-state index contributed by atoms with van der Waals surface area (Å²) < 4.78 is 2.07. The van der Waals surface area contributed by atoms with Gasteiger partial charge in [-0.15, -0.1) is 0 Å². The summed E-state index contributed by atoms with van der Waals surface area (Å²) >= 11 is 6.24. The molecule has 1 aromatic heterocycles. The second-order valence-corrected chi connectivity index (χ2v) is 5.65. The summed E-state index contributed by atoms with van der Waals surface area (Å²) in [4.78, 5) is 0. The second-order valence-electron chi connectivity index (χ2n) is 5.24. The monoisotopic (exact) mass is 291 g/mol. The molecule has 3 nitrogen and oxygen atoms in total. The van der Waals surface area contributed by atoms with Crippen molar-refractivity contribution < 1.29 is 0 Å². The third kappa shape index (κ3) is 3.41. The first-order valence-electron chi connectivity index (χ1n) is 7.12. The summed E-state index contributed by atoms with van der Waals surface area (Å²) in [6.45, 7) is 9.08. The number of rotatable bonds is 6. The van der Waals surface area contributed by atoms with Crippen molar-refractivity contribution in [3.05, 3.63) is 52.3 Å². The average molecular weight is 292 g/mol. The molecule has 0 atom stereocenters. The lowest BCUT2D eigenvalue weighted by molar-refractivity contribution is 0.609. The fraction of sp³-hybridized carbons (Fsp3) is 0.438. The maximum atomic E-state index is 6.24. The Kier molecular flexibility index (Phi) is 5.21. The smallest absolute Gasteiger partial charge is 0.0677 e. The maximum Gasteiger partial charge on any atom is 0.0677 e. The quantitative estimate of drug-likeness (QED) is 0.877. The lowest BCUT2D eigenvalue weighted by Crippen LogP contribution is -2.15. The van der Waals surface area contributed by atoms with Crippen molar-refractivity contribution in [2.75, 3.05) is 6.54 Å². The molecule has 1 aromatic carbocycles. The van der Waals surface area contributed by atoms with E-state index in [0.717, 1.165) is 30.2 Å². The highest BCUT2D eigenvalue weighted by molar-refractivity contribution is 6.31. The van der Waals surface area contributed by atoms with Crippen LogP contribution in [-0.4, -0.2) is 16.3 Å². The van der Waals surface area contributed by atoms with Crippen LogP contribution in [0.2, 0.25) is 5.02 Å². The fourth-order valence-electron chi connectivity index (χ4n) is 2.41. The zero-order chi connectivity index (χ0) is 14.5. The van der Waals surface area contributed by atoms with Gasteiger partial charge in [0.1, 0.15) is 0 Å². The number of hydrogen-bond donors (Lipinski definition) is 1. The van der Waals surface area contributed by atoms with Crippen molar-refractivity contribution in [3.8, 4) is 0 Å². The molecular weight excluding hydrogens is 270 g/mol. The van der Waals surface area contributed by atoms with Gasteiger partial charge in [-0.1, -0.05) is 50.6 Å². The van der Waals surface area contributed by atoms with Crippen molar-refractivity contribution in [2.45, 2.75) is 39.8 Å². The first-order chi connectivity index (χ1) is 9.63. The van der Waals surface area contributed by atoms with Crippen LogP contribution in [0.4, 0.5) is 0 Å². The van der Waals surface area contributed by atoms with Gasteiger partial charge in [-0.25, -0.2) is 0 Å². The van der Waals surface area contributed by atoms with E-state index in [-0.39, 0.29) is 0 Å². The Labute approximate surface area is 126 Å². The van der Waals surface area contributed by atoms with Crippen LogP contribution in [0.3, 0.4) is 0 Å². The second kappa shape index (κ2) is 6.91. The van der Waals surface area contributed by atoms with Crippen LogP contribution in [0.25, 0.3) is 0 Å². The molecule has 0 bridgehead atoms. The maximum absolute atomic E-state index is 6.24. The zero-order valence-electron chi connectivity index (χ0n) is 12.4. The van der Waals surface area contributed by atoms with Gasteiger partial charge in [-0.2, -0.15) is 5.10 Å². The number of nitrogens with one attached hydrogen (secondary N) is 1. The minimum absolute atomic E-state index is 0.439. The lowest BCUT2D eigenvalue weighted by Gasteiger charge is -2.14. The number of aromatic nitrogens is 2. The molecule has 0 spiro atoms. The van der Waals surface area contributed by atoms with Crippen molar-refractivity contribution in [1.82, 2.24) is 15.1 Å². The van der Waals surface area contributed by atoms with Gasteiger partial charge in [0.2, 0.25) is 0 Å². The summed E-state index contributed by atoms with van der Waals surface area (Å²) in [5, 5.41) is 8.71. The van der Waals surface area contributed by atoms with Gasteiger partial charge in [0, 0.05) is 22.8 Å². The Morgan fingerprint density at radius 2 is 2.00 bits per heavy atom. The van der Waals surface area contributed by atoms with E-state index in [9.17, 15) is 0 Å². The minimum atomic E-state index is 0.439. The largest absolute Gasteiger partial charge is 0.313 e. The predicted molar refractivity (Wildman–Crippen MR) is 84.3 cm³/mol. The third-order valence-electron chi connectivity index (χ3n) is 3.35. The van der Waals surface area contributed by atoms with Crippen LogP contribution < -0.4 is 5.32 Å². The Morgan fingerprint density at radius 3 is 2.65 bits per heavy atom. The molecule has 108 valence electrons. The standard InChI is InChI=1S/C16H22ClN3/c1-4-18-9-14-10-19-20(16(14)12(2)3)11-13-7-5-6-8-15(13)17/h5-8,10,12,18H,4,9,11H2,1-3H3. The van der Waals surface area contributed by atoms with Gasteiger partial charge < -0.3 is 5.32 Å². The minimum Gasteiger partial charge on any atom is -0.313 e. The average Bonchev–Trinajstić information content (AvgIpc) is 2.82. The normalized spacial score (nSPS) is 11.2. The van der Waals surface area contributed by atoms with Crippen molar-refractivity contribution in [1.29, 1.82) is 0 Å². The first kappa shape index (κ1) is 15.1. The highest BCUT2D eigenvalue weighted by atomic mass is 35.5. The van der Waals surface area contributed by atoms with Gasteiger partial charge in [0.15, 0.2) is 0 Å². The predicted octanol–water partition coefficient (Wildman–Crippen LogP) is 3.82. The lowest BCUT2D eigenvalue weighted by atomic mass is 10.1. The summed E-state index contributed by atoms with van der Waals surface area (Å²) in [6, 6.07) is 7.95. The molecule has 0 saturated carbocycles. The van der Waals surface area contributed by atoms with Crippen LogP contribution >= 0.6 is 11.6 Å². The summed E-state index contributed by atoms with van der Waals surface area (Å²) in [6.07, 6.45) is 1.97. The summed E-state index contributed by atoms with van der Waals surface area (Å²) in [5.74, 6) is 0.439. The van der Waals surface area contributed by atoms with E-state index in [1.54, 1.807) is 0 Å². The molecule has 0 unspecified atom stereocenters. The van der Waals surface area contributed by atoms with Crippen molar-refractivity contribution in [3.63, 3.8) is 0 Å². The van der Waals surface area contributed by atoms with E-state index in [1.807, 2.05) is 24.4 Å². The van der Waals surface area contributed by atoms with E-state index in [0.29, 0.717) is 5.92 Å². The van der Waals surface area contributed by atoms with Crippen LogP contribution in [0.15, 0.2) is 30.5 Å².